The average Bonchev–Trinajstić information content (AvgIpc) is 2.99. The predicted octanol–water partition coefficient (Wildman–Crippen LogP) is 1.33. The molecule has 2 amide bonds. The minimum absolute atomic E-state index is 0.0432. The smallest absolute Gasteiger partial charge is 0.224 e. The van der Waals surface area contributed by atoms with Gasteiger partial charge in [0.25, 0.3) is 0 Å². The van der Waals surface area contributed by atoms with Crippen LogP contribution in [0.3, 0.4) is 0 Å². The lowest BCUT2D eigenvalue weighted by molar-refractivity contribution is -0.138. The number of rotatable bonds is 9. The number of thioether (sulfide) groups is 1. The van der Waals surface area contributed by atoms with Crippen LogP contribution in [-0.2, 0) is 14.3 Å². The van der Waals surface area contributed by atoms with E-state index in [-0.39, 0.29) is 17.7 Å². The van der Waals surface area contributed by atoms with Gasteiger partial charge in [-0.1, -0.05) is 23.1 Å². The molecular weight excluding hydrogens is 348 g/mol. The molecule has 134 valence electrons. The summed E-state index contributed by atoms with van der Waals surface area (Å²) < 4.78 is 5.98. The van der Waals surface area contributed by atoms with Crippen molar-refractivity contribution in [2.45, 2.75) is 30.5 Å². The van der Waals surface area contributed by atoms with Gasteiger partial charge in [-0.25, -0.2) is 0 Å². The Kier molecular flexibility index (Phi) is 7.93. The van der Waals surface area contributed by atoms with E-state index in [0.29, 0.717) is 39.1 Å². The predicted molar refractivity (Wildman–Crippen MR) is 94.2 cm³/mol. The highest BCUT2D eigenvalue weighted by atomic mass is 32.2. The first kappa shape index (κ1) is 19.1. The molecule has 1 fully saturated rings. The third-order valence-corrected chi connectivity index (χ3v) is 5.85. The molecule has 1 aliphatic rings. The van der Waals surface area contributed by atoms with Gasteiger partial charge < -0.3 is 15.0 Å². The number of hydrogen-bond acceptors (Lipinski definition) is 7. The Labute approximate surface area is 150 Å². The van der Waals surface area contributed by atoms with E-state index in [2.05, 4.69) is 15.5 Å². The zero-order valence-corrected chi connectivity index (χ0v) is 15.8. The number of methoxy groups -OCH3 is 1. The van der Waals surface area contributed by atoms with E-state index in [9.17, 15) is 9.59 Å². The molecule has 24 heavy (non-hydrogen) atoms. The lowest BCUT2D eigenvalue weighted by Gasteiger charge is -2.31. The summed E-state index contributed by atoms with van der Waals surface area (Å²) in [5, 5.41) is 12.0. The largest absolute Gasteiger partial charge is 0.383 e. The van der Waals surface area contributed by atoms with E-state index in [1.54, 1.807) is 35.1 Å². The van der Waals surface area contributed by atoms with Gasteiger partial charge in [0.15, 0.2) is 4.34 Å². The number of piperidine rings is 1. The monoisotopic (exact) mass is 372 g/mol. The molecule has 0 unspecified atom stereocenters. The first-order chi connectivity index (χ1) is 11.6. The number of aromatic nitrogens is 2. The van der Waals surface area contributed by atoms with Gasteiger partial charge >= 0.3 is 0 Å². The summed E-state index contributed by atoms with van der Waals surface area (Å²) in [5.41, 5.74) is 0. The van der Waals surface area contributed by atoms with E-state index in [4.69, 9.17) is 4.74 Å². The highest BCUT2D eigenvalue weighted by Crippen LogP contribution is 2.22. The van der Waals surface area contributed by atoms with Crippen LogP contribution < -0.4 is 5.32 Å². The van der Waals surface area contributed by atoms with Crippen LogP contribution in [0.4, 0.5) is 0 Å². The molecule has 1 aromatic heterocycles. The Balaban J connectivity index is 1.63. The van der Waals surface area contributed by atoms with Crippen LogP contribution in [0.1, 0.15) is 24.3 Å². The van der Waals surface area contributed by atoms with E-state index >= 15 is 0 Å². The molecule has 1 aliphatic heterocycles. The first-order valence-corrected chi connectivity index (χ1v) is 9.87. The number of aryl methyl sites for hydroxylation is 1. The van der Waals surface area contributed by atoms with E-state index in [1.165, 1.54) is 0 Å². The van der Waals surface area contributed by atoms with Crippen molar-refractivity contribution < 1.29 is 14.3 Å². The van der Waals surface area contributed by atoms with Gasteiger partial charge in [-0.3, -0.25) is 9.59 Å². The van der Waals surface area contributed by atoms with Gasteiger partial charge in [0, 0.05) is 38.9 Å². The lowest BCUT2D eigenvalue weighted by atomic mass is 9.96. The van der Waals surface area contributed by atoms with Gasteiger partial charge in [-0.05, 0) is 19.8 Å². The molecule has 0 radical (unpaired) electrons. The zero-order chi connectivity index (χ0) is 17.4. The Morgan fingerprint density at radius 2 is 2.33 bits per heavy atom. The van der Waals surface area contributed by atoms with Crippen molar-refractivity contribution in [2.24, 2.45) is 5.92 Å². The van der Waals surface area contributed by atoms with Crippen molar-refractivity contribution in [1.82, 2.24) is 20.4 Å². The molecule has 1 N–H and O–H groups in total. The normalized spacial score (nSPS) is 18.0. The summed E-state index contributed by atoms with van der Waals surface area (Å²) in [6.45, 7) is 4.13. The molecule has 9 heteroatoms. The van der Waals surface area contributed by atoms with Crippen LogP contribution in [0.15, 0.2) is 4.34 Å². The summed E-state index contributed by atoms with van der Waals surface area (Å²) in [5.74, 6) is 0.942. The maximum absolute atomic E-state index is 12.3. The maximum atomic E-state index is 12.3. The number of ether oxygens (including phenoxy) is 1. The molecule has 0 saturated carbocycles. The van der Waals surface area contributed by atoms with Crippen molar-refractivity contribution in [3.63, 3.8) is 0 Å². The fraction of sp³-hybridized carbons (Fsp3) is 0.733. The summed E-state index contributed by atoms with van der Waals surface area (Å²) in [6, 6.07) is 0. The SMILES string of the molecule is COCCN1C[C@H](C(=O)NCCCSc2nnc(C)s2)CCC1=O. The minimum atomic E-state index is -0.113. The van der Waals surface area contributed by atoms with Crippen LogP contribution in [0.2, 0.25) is 0 Å². The van der Waals surface area contributed by atoms with Gasteiger partial charge in [-0.2, -0.15) is 0 Å². The van der Waals surface area contributed by atoms with Crippen molar-refractivity contribution in [3.05, 3.63) is 5.01 Å². The second-order valence-electron chi connectivity index (χ2n) is 5.65. The maximum Gasteiger partial charge on any atom is 0.224 e. The van der Waals surface area contributed by atoms with E-state index in [0.717, 1.165) is 21.5 Å². The number of amides is 2. The molecule has 7 nitrogen and oxygen atoms in total. The number of nitrogens with one attached hydrogen (secondary N) is 1. The third-order valence-electron chi connectivity index (χ3n) is 3.79. The third kappa shape index (κ3) is 6.03. The number of carbonyl (C=O) groups is 2. The Morgan fingerprint density at radius 1 is 1.50 bits per heavy atom. The molecule has 2 rings (SSSR count). The number of nitrogens with zero attached hydrogens (tertiary/aromatic N) is 3. The molecule has 0 aliphatic carbocycles. The fourth-order valence-electron chi connectivity index (χ4n) is 2.47. The van der Waals surface area contributed by atoms with Crippen molar-refractivity contribution in [1.29, 1.82) is 0 Å². The number of hydrogen-bond donors (Lipinski definition) is 1. The van der Waals surface area contributed by atoms with Crippen molar-refractivity contribution in [2.75, 3.05) is 39.1 Å². The van der Waals surface area contributed by atoms with E-state index < -0.39 is 0 Å². The molecule has 0 spiro atoms. The first-order valence-electron chi connectivity index (χ1n) is 8.07. The summed E-state index contributed by atoms with van der Waals surface area (Å²) >= 11 is 3.25. The van der Waals surface area contributed by atoms with Crippen molar-refractivity contribution in [3.8, 4) is 0 Å². The summed E-state index contributed by atoms with van der Waals surface area (Å²) in [6.07, 6.45) is 1.95. The molecule has 2 heterocycles. The van der Waals surface area contributed by atoms with Crippen LogP contribution in [0.25, 0.3) is 0 Å². The molecule has 0 aromatic carbocycles. The van der Waals surface area contributed by atoms with Gasteiger partial charge in [0.2, 0.25) is 11.8 Å². The molecule has 0 bridgehead atoms. The number of carbonyl (C=O) groups excluding carboxylic acids is 2. The zero-order valence-electron chi connectivity index (χ0n) is 14.1. The van der Waals surface area contributed by atoms with Crippen LogP contribution >= 0.6 is 23.1 Å². The highest BCUT2D eigenvalue weighted by molar-refractivity contribution is 8.01. The second kappa shape index (κ2) is 9.95. The Hall–Kier alpha value is -1.19. The standard InChI is InChI=1S/C15H24N4O3S2/c1-11-17-18-15(24-11)23-9-3-6-16-14(21)12-4-5-13(20)19(10-12)7-8-22-2/h12H,3-10H2,1-2H3,(H,16,21)/t12-/m1/s1. The lowest BCUT2D eigenvalue weighted by Crippen LogP contribution is -2.46. The Morgan fingerprint density at radius 3 is 3.04 bits per heavy atom. The average molecular weight is 373 g/mol. The summed E-state index contributed by atoms with van der Waals surface area (Å²) in [7, 11) is 1.61. The van der Waals surface area contributed by atoms with E-state index in [1.807, 2.05) is 6.92 Å². The molecule has 1 saturated heterocycles. The van der Waals surface area contributed by atoms with Gasteiger partial charge in [0.05, 0.1) is 12.5 Å². The second-order valence-corrected chi connectivity index (χ2v) is 8.17. The van der Waals surface area contributed by atoms with Crippen LogP contribution in [-0.4, -0.2) is 66.0 Å². The molecule has 1 atom stereocenters. The fourth-order valence-corrected chi connectivity index (χ4v) is 4.30. The number of likely N-dealkylation sites (tertiary alicyclic amines) is 1. The Bertz CT molecular complexity index is 553. The highest BCUT2D eigenvalue weighted by Gasteiger charge is 2.29. The summed E-state index contributed by atoms with van der Waals surface area (Å²) in [4.78, 5) is 25.8. The topological polar surface area (TPSA) is 84.4 Å². The van der Waals surface area contributed by atoms with Crippen LogP contribution in [0.5, 0.6) is 0 Å². The molecular formula is C15H24N4O3S2. The van der Waals surface area contributed by atoms with Gasteiger partial charge in [-0.15, -0.1) is 10.2 Å². The van der Waals surface area contributed by atoms with Gasteiger partial charge in [0.1, 0.15) is 5.01 Å². The minimum Gasteiger partial charge on any atom is -0.383 e. The quantitative estimate of drug-likeness (QED) is 0.520. The van der Waals surface area contributed by atoms with Crippen molar-refractivity contribution >= 4 is 34.9 Å². The molecule has 1 aromatic rings. The van der Waals surface area contributed by atoms with Crippen LogP contribution in [0, 0.1) is 12.8 Å².